The molecule has 0 aromatic carbocycles. The summed E-state index contributed by atoms with van der Waals surface area (Å²) in [4.78, 5) is 29.0. The van der Waals surface area contributed by atoms with Gasteiger partial charge in [-0.1, -0.05) is 24.3 Å². The molecule has 2 amide bonds. The maximum atomic E-state index is 13.0. The Hall–Kier alpha value is -1.62. The highest BCUT2D eigenvalue weighted by atomic mass is 16.3. The van der Waals surface area contributed by atoms with Gasteiger partial charge in [-0.2, -0.15) is 0 Å². The first kappa shape index (κ1) is 12.1. The Labute approximate surface area is 117 Å². The van der Waals surface area contributed by atoms with Gasteiger partial charge in [0.2, 0.25) is 11.8 Å². The van der Waals surface area contributed by atoms with Gasteiger partial charge in [0, 0.05) is 14.1 Å². The van der Waals surface area contributed by atoms with Crippen LogP contribution in [-0.2, 0) is 9.59 Å². The summed E-state index contributed by atoms with van der Waals surface area (Å²) in [5.74, 6) is -0.338. The van der Waals surface area contributed by atoms with E-state index < -0.39 is 17.1 Å². The second kappa shape index (κ2) is 3.34. The maximum absolute atomic E-state index is 13.0. The Morgan fingerprint density at radius 2 is 2.00 bits per heavy atom. The molecule has 0 aromatic heterocycles. The van der Waals surface area contributed by atoms with Gasteiger partial charge in [-0.15, -0.1) is 0 Å². The molecular weight excluding hydrogens is 256 g/mol. The van der Waals surface area contributed by atoms with E-state index in [1.807, 2.05) is 24.3 Å². The van der Waals surface area contributed by atoms with Crippen molar-refractivity contribution in [3.8, 4) is 0 Å². The summed E-state index contributed by atoms with van der Waals surface area (Å²) in [5.41, 5.74) is -1.74. The predicted molar refractivity (Wildman–Crippen MR) is 71.5 cm³/mol. The minimum Gasteiger partial charge on any atom is -0.392 e. The van der Waals surface area contributed by atoms with Crippen LogP contribution < -0.4 is 0 Å². The third kappa shape index (κ3) is 0.965. The minimum atomic E-state index is -1.02. The Bertz CT molecular complexity index is 584. The Balaban J connectivity index is 2.08. The summed E-state index contributed by atoms with van der Waals surface area (Å²) < 4.78 is 0. The van der Waals surface area contributed by atoms with Crippen LogP contribution in [-0.4, -0.2) is 58.5 Å². The van der Waals surface area contributed by atoms with E-state index in [4.69, 9.17) is 0 Å². The molecule has 5 aliphatic heterocycles. The van der Waals surface area contributed by atoms with Crippen molar-refractivity contribution in [3.63, 3.8) is 0 Å². The summed E-state index contributed by atoms with van der Waals surface area (Å²) in [6.45, 7) is 0. The number of carbonyl (C=O) groups excluding carboxylic acids is 2. The van der Waals surface area contributed by atoms with E-state index in [-0.39, 0.29) is 23.8 Å². The number of carbonyl (C=O) groups is 2. The quantitative estimate of drug-likeness (QED) is 0.629. The van der Waals surface area contributed by atoms with E-state index in [0.29, 0.717) is 12.8 Å². The molecule has 1 N–H and O–H groups in total. The Kier molecular flexibility index (Phi) is 2.03. The molecule has 5 nitrogen and oxygen atoms in total. The van der Waals surface area contributed by atoms with Crippen molar-refractivity contribution in [1.29, 1.82) is 0 Å². The van der Waals surface area contributed by atoms with Gasteiger partial charge in [0.15, 0.2) is 0 Å². The molecule has 0 radical (unpaired) electrons. The predicted octanol–water partition coefficient (Wildman–Crippen LogP) is -0.0789. The van der Waals surface area contributed by atoms with Crippen molar-refractivity contribution in [2.75, 3.05) is 14.1 Å². The zero-order chi connectivity index (χ0) is 14.3. The SMILES string of the molecule is CN1C(=O)[C@]23C=C[C@H]1[C@@H]1C=C[C@@]2(CC[C@H]3O)N(C)C1=O. The number of nitrogens with zero attached hydrogens (tertiary/aromatic N) is 2. The molecule has 5 atom stereocenters. The van der Waals surface area contributed by atoms with E-state index in [0.717, 1.165) is 0 Å². The van der Waals surface area contributed by atoms with Crippen LogP contribution in [0.5, 0.6) is 0 Å². The van der Waals surface area contributed by atoms with E-state index in [1.54, 1.807) is 23.9 Å². The second-order valence-corrected chi connectivity index (χ2v) is 6.40. The molecule has 0 aromatic rings. The summed E-state index contributed by atoms with van der Waals surface area (Å²) in [7, 11) is 3.50. The molecule has 4 bridgehead atoms. The minimum absolute atomic E-state index is 0.0414. The first-order chi connectivity index (χ1) is 9.45. The van der Waals surface area contributed by atoms with Crippen LogP contribution in [0.1, 0.15) is 12.8 Å². The van der Waals surface area contributed by atoms with Crippen LogP contribution in [0.3, 0.4) is 0 Å². The largest absolute Gasteiger partial charge is 0.392 e. The fraction of sp³-hybridized carbons (Fsp3) is 0.600. The van der Waals surface area contributed by atoms with Crippen molar-refractivity contribution in [3.05, 3.63) is 24.3 Å². The third-order valence-corrected chi connectivity index (χ3v) is 5.88. The molecule has 20 heavy (non-hydrogen) atoms. The average molecular weight is 274 g/mol. The maximum Gasteiger partial charge on any atom is 0.238 e. The van der Waals surface area contributed by atoms with Crippen molar-refractivity contribution >= 4 is 11.8 Å². The molecule has 5 heteroatoms. The Morgan fingerprint density at radius 1 is 1.25 bits per heavy atom. The van der Waals surface area contributed by atoms with Crippen LogP contribution in [0, 0.1) is 11.3 Å². The average Bonchev–Trinajstić information content (AvgIpc) is 2.67. The smallest absolute Gasteiger partial charge is 0.238 e. The fourth-order valence-corrected chi connectivity index (χ4v) is 4.71. The first-order valence-corrected chi connectivity index (χ1v) is 7.07. The zero-order valence-electron chi connectivity index (χ0n) is 11.6. The van der Waals surface area contributed by atoms with Gasteiger partial charge in [0.05, 0.1) is 23.6 Å². The van der Waals surface area contributed by atoms with Gasteiger partial charge >= 0.3 is 0 Å². The number of likely N-dealkylation sites (N-methyl/N-ethyl adjacent to an activating group) is 2. The number of aliphatic hydroxyl groups is 1. The lowest BCUT2D eigenvalue weighted by Gasteiger charge is -2.57. The molecule has 5 heterocycles. The van der Waals surface area contributed by atoms with Crippen molar-refractivity contribution in [1.82, 2.24) is 9.80 Å². The molecule has 2 spiro atoms. The first-order valence-electron chi connectivity index (χ1n) is 7.07. The number of hydrogen-bond donors (Lipinski definition) is 1. The number of hydrogen-bond acceptors (Lipinski definition) is 3. The van der Waals surface area contributed by atoms with Gasteiger partial charge in [-0.3, -0.25) is 9.59 Å². The highest BCUT2D eigenvalue weighted by Crippen LogP contribution is 2.58. The monoisotopic (exact) mass is 274 g/mol. The van der Waals surface area contributed by atoms with Gasteiger partial charge in [0.1, 0.15) is 5.41 Å². The molecular formula is C15H18N2O3. The Morgan fingerprint density at radius 3 is 2.75 bits per heavy atom. The highest BCUT2D eigenvalue weighted by molar-refractivity contribution is 5.96. The van der Waals surface area contributed by atoms with Crippen molar-refractivity contribution in [2.24, 2.45) is 11.3 Å². The summed E-state index contributed by atoms with van der Waals surface area (Å²) in [6, 6.07) is -0.245. The lowest BCUT2D eigenvalue weighted by molar-refractivity contribution is -0.165. The molecule has 7 rings (SSSR count). The number of rotatable bonds is 0. The van der Waals surface area contributed by atoms with Gasteiger partial charge in [-0.25, -0.2) is 0 Å². The highest BCUT2D eigenvalue weighted by Gasteiger charge is 2.69. The van der Waals surface area contributed by atoms with E-state index in [2.05, 4.69) is 0 Å². The normalized spacial score (nSPS) is 48.9. The third-order valence-electron chi connectivity index (χ3n) is 5.88. The lowest BCUT2D eigenvalue weighted by Crippen LogP contribution is -2.72. The number of aliphatic hydroxyl groups excluding tert-OH is 1. The molecule has 7 aliphatic rings. The zero-order valence-corrected chi connectivity index (χ0v) is 11.6. The summed E-state index contributed by atoms with van der Waals surface area (Å²) >= 11 is 0. The van der Waals surface area contributed by atoms with Crippen molar-refractivity contribution in [2.45, 2.75) is 30.5 Å². The van der Waals surface area contributed by atoms with Gasteiger partial charge in [-0.05, 0) is 12.8 Å². The number of amides is 2. The van der Waals surface area contributed by atoms with Crippen LogP contribution >= 0.6 is 0 Å². The van der Waals surface area contributed by atoms with Crippen LogP contribution in [0.15, 0.2) is 24.3 Å². The summed E-state index contributed by atoms with van der Waals surface area (Å²) in [5, 5.41) is 10.6. The van der Waals surface area contributed by atoms with E-state index in [9.17, 15) is 14.7 Å². The lowest BCUT2D eigenvalue weighted by atomic mass is 9.61. The van der Waals surface area contributed by atoms with Crippen LogP contribution in [0.2, 0.25) is 0 Å². The van der Waals surface area contributed by atoms with Crippen molar-refractivity contribution < 1.29 is 14.7 Å². The molecule has 2 aliphatic carbocycles. The van der Waals surface area contributed by atoms with E-state index in [1.165, 1.54) is 0 Å². The molecule has 0 unspecified atom stereocenters. The van der Waals surface area contributed by atoms with Crippen LogP contribution in [0.25, 0.3) is 0 Å². The standard InChI is InChI=1S/C15H18N2O3/c1-16-10-4-8-15(13(16)20)11(18)5-7-14(15)6-3-9(10)12(19)17(14)2/h3-4,6,8-11,18H,5,7H2,1-2H3/t9-,10-,11+,14-,15+/m0/s1. The van der Waals surface area contributed by atoms with Gasteiger partial charge in [0.25, 0.3) is 0 Å². The molecule has 1 saturated heterocycles. The summed E-state index contributed by atoms with van der Waals surface area (Å²) in [6.07, 6.45) is 8.14. The molecule has 106 valence electrons. The van der Waals surface area contributed by atoms with E-state index >= 15 is 0 Å². The van der Waals surface area contributed by atoms with Crippen LogP contribution in [0.4, 0.5) is 0 Å². The molecule has 1 saturated carbocycles. The topological polar surface area (TPSA) is 60.9 Å². The second-order valence-electron chi connectivity index (χ2n) is 6.40. The molecule has 2 fully saturated rings. The fourth-order valence-electron chi connectivity index (χ4n) is 4.71. The van der Waals surface area contributed by atoms with Gasteiger partial charge < -0.3 is 14.9 Å².